The third kappa shape index (κ3) is 6.19. The molecule has 0 bridgehead atoms. The summed E-state index contributed by atoms with van der Waals surface area (Å²) in [6.45, 7) is 0.528. The number of rotatable bonds is 7. The van der Waals surface area contributed by atoms with E-state index in [0.29, 0.717) is 11.0 Å². The predicted molar refractivity (Wildman–Crippen MR) is 94.2 cm³/mol. The van der Waals surface area contributed by atoms with Crippen LogP contribution >= 0.6 is 15.9 Å². The van der Waals surface area contributed by atoms with Crippen LogP contribution in [0.2, 0.25) is 0 Å². The van der Waals surface area contributed by atoms with E-state index in [0.717, 1.165) is 13.3 Å². The van der Waals surface area contributed by atoms with Crippen LogP contribution < -0.4 is 14.8 Å². The van der Waals surface area contributed by atoms with Gasteiger partial charge in [-0.05, 0) is 49.2 Å². The van der Waals surface area contributed by atoms with Gasteiger partial charge in [-0.15, -0.1) is 0 Å². The molecule has 0 aliphatic rings. The summed E-state index contributed by atoms with van der Waals surface area (Å²) in [6, 6.07) is 2.64. The zero-order chi connectivity index (χ0) is 19.8. The minimum Gasteiger partial charge on any atom is -0.496 e. The molecule has 25 heavy (non-hydrogen) atoms. The van der Waals surface area contributed by atoms with Crippen LogP contribution in [-0.2, 0) is 10.6 Å². The molecule has 1 aromatic rings. The van der Waals surface area contributed by atoms with E-state index in [1.54, 1.807) is 0 Å². The van der Waals surface area contributed by atoms with Crippen molar-refractivity contribution in [3.8, 4) is 11.5 Å². The number of halogens is 1. The van der Waals surface area contributed by atoms with E-state index < -0.39 is 11.7 Å². The van der Waals surface area contributed by atoms with E-state index in [1.165, 1.54) is 26.4 Å². The molecule has 0 amide bonds. The molecular formula is C15H25BrN2O7. The van der Waals surface area contributed by atoms with Gasteiger partial charge in [0.2, 0.25) is 0 Å². The highest BCUT2D eigenvalue weighted by atomic mass is 79.9. The van der Waals surface area contributed by atoms with E-state index in [4.69, 9.17) is 9.47 Å². The summed E-state index contributed by atoms with van der Waals surface area (Å²) in [7, 11) is 7.56. The van der Waals surface area contributed by atoms with E-state index in [2.05, 4.69) is 15.9 Å². The molecule has 0 aliphatic heterocycles. The maximum Gasteiger partial charge on any atom is 0.284 e. The molecule has 1 rings (SSSR count). The Morgan fingerprint density at radius 1 is 1.16 bits per heavy atom. The molecule has 0 fully saturated rings. The lowest BCUT2D eigenvalue weighted by Gasteiger charge is -2.35. The first kappa shape index (κ1) is 23.7. The van der Waals surface area contributed by atoms with Crippen LogP contribution in [0.5, 0.6) is 11.5 Å². The molecule has 1 aromatic carbocycles. The molecule has 144 valence electrons. The second-order valence-electron chi connectivity index (χ2n) is 5.21. The number of likely N-dealkylation sites (N-methyl/N-ethyl adjacent to an activating group) is 2. The quantitative estimate of drug-likeness (QED) is 0.282. The molecule has 0 saturated heterocycles. The second-order valence-corrected chi connectivity index (χ2v) is 6.06. The zero-order valence-electron chi connectivity index (χ0n) is 14.8. The van der Waals surface area contributed by atoms with Gasteiger partial charge in [0.25, 0.3) is 11.7 Å². The van der Waals surface area contributed by atoms with E-state index in [1.807, 2.05) is 24.3 Å². The van der Waals surface area contributed by atoms with Gasteiger partial charge in [-0.3, -0.25) is 5.32 Å². The van der Waals surface area contributed by atoms with Crippen LogP contribution in [0.4, 0.5) is 0 Å². The summed E-state index contributed by atoms with van der Waals surface area (Å²) < 4.78 is 10.5. The molecule has 0 spiro atoms. The summed E-state index contributed by atoms with van der Waals surface area (Å²) in [5, 5.41) is 41.1. The van der Waals surface area contributed by atoms with Crippen molar-refractivity contribution >= 4 is 22.2 Å². The first-order chi connectivity index (χ1) is 11.5. The standard InChI is InChI=1S/C11H16BrNO6.C4H9NO/c1-13-11(16,17)10(14,15)6-4-9(19-3)7(12)5-8(6)18-2;1-5(2)3-4-6/h4-5,13-17H,1-3H3;4H,3H2,1-2H3. The fourth-order valence-corrected chi connectivity index (χ4v) is 2.13. The van der Waals surface area contributed by atoms with Crippen molar-refractivity contribution in [1.82, 2.24) is 10.2 Å². The van der Waals surface area contributed by atoms with Crippen molar-refractivity contribution in [2.24, 2.45) is 0 Å². The van der Waals surface area contributed by atoms with Crippen LogP contribution in [0.3, 0.4) is 0 Å². The Kier molecular flexibility index (Phi) is 9.51. The normalized spacial score (nSPS) is 11.6. The van der Waals surface area contributed by atoms with Gasteiger partial charge in [0.15, 0.2) is 0 Å². The smallest absolute Gasteiger partial charge is 0.284 e. The van der Waals surface area contributed by atoms with Crippen LogP contribution in [0.25, 0.3) is 0 Å². The van der Waals surface area contributed by atoms with Crippen LogP contribution in [0, 0.1) is 0 Å². The fraction of sp³-hybridized carbons (Fsp3) is 0.533. The summed E-state index contributed by atoms with van der Waals surface area (Å²) >= 11 is 3.21. The maximum absolute atomic E-state index is 9.98. The highest BCUT2D eigenvalue weighted by Crippen LogP contribution is 2.40. The molecule has 5 N–H and O–H groups in total. The maximum atomic E-state index is 9.98. The van der Waals surface area contributed by atoms with Gasteiger partial charge in [-0.1, -0.05) is 0 Å². The lowest BCUT2D eigenvalue weighted by Crippen LogP contribution is -2.60. The van der Waals surface area contributed by atoms with E-state index >= 15 is 0 Å². The van der Waals surface area contributed by atoms with Gasteiger partial charge in [0.1, 0.15) is 17.8 Å². The Labute approximate surface area is 154 Å². The SMILES string of the molecule is CN(C)CC=O.CNC(O)(O)C(O)(O)c1cc(OC)c(Br)cc1OC. The lowest BCUT2D eigenvalue weighted by atomic mass is 10.0. The van der Waals surface area contributed by atoms with Crippen molar-refractivity contribution < 1.29 is 34.7 Å². The van der Waals surface area contributed by atoms with Crippen LogP contribution in [0.1, 0.15) is 5.56 Å². The molecule has 9 nitrogen and oxygen atoms in total. The number of benzene rings is 1. The van der Waals surface area contributed by atoms with Crippen LogP contribution in [0.15, 0.2) is 16.6 Å². The lowest BCUT2D eigenvalue weighted by molar-refractivity contribution is -0.377. The van der Waals surface area contributed by atoms with E-state index in [-0.39, 0.29) is 17.1 Å². The molecule has 0 radical (unpaired) electrons. The summed E-state index contributed by atoms with van der Waals surface area (Å²) in [5.41, 5.74) is -0.269. The van der Waals surface area contributed by atoms with Crippen molar-refractivity contribution in [1.29, 1.82) is 0 Å². The minimum atomic E-state index is -3.01. The summed E-state index contributed by atoms with van der Waals surface area (Å²) in [4.78, 5) is 11.4. The Balaban J connectivity index is 0.000000823. The number of ether oxygens (including phenoxy) is 2. The van der Waals surface area contributed by atoms with Crippen molar-refractivity contribution in [2.45, 2.75) is 11.7 Å². The zero-order valence-corrected chi connectivity index (χ0v) is 16.4. The Morgan fingerprint density at radius 2 is 1.68 bits per heavy atom. The number of nitrogens with one attached hydrogen (secondary N) is 1. The number of nitrogens with zero attached hydrogens (tertiary/aromatic N) is 1. The first-order valence-corrected chi connectivity index (χ1v) is 7.86. The predicted octanol–water partition coefficient (Wildman–Crippen LogP) is -0.792. The summed E-state index contributed by atoms with van der Waals surface area (Å²) in [6.07, 6.45) is 0.875. The highest BCUT2D eigenvalue weighted by Gasteiger charge is 2.50. The monoisotopic (exact) mass is 424 g/mol. The highest BCUT2D eigenvalue weighted by molar-refractivity contribution is 9.10. The van der Waals surface area contributed by atoms with Gasteiger partial charge < -0.3 is 39.6 Å². The number of aldehydes is 1. The Hall–Kier alpha value is -1.27. The number of carbonyl (C=O) groups is 1. The Bertz CT molecular complexity index is 565. The Morgan fingerprint density at radius 3 is 2.00 bits per heavy atom. The molecule has 0 aromatic heterocycles. The number of carbonyl (C=O) groups excluding carboxylic acids is 1. The minimum absolute atomic E-state index is 0.0420. The number of hydrogen-bond acceptors (Lipinski definition) is 9. The molecular weight excluding hydrogens is 400 g/mol. The number of aliphatic hydroxyl groups is 4. The van der Waals surface area contributed by atoms with Gasteiger partial charge >= 0.3 is 0 Å². The molecule has 10 heteroatoms. The third-order valence-electron chi connectivity index (χ3n) is 3.12. The molecule has 0 heterocycles. The molecule has 0 unspecified atom stereocenters. The molecule has 0 atom stereocenters. The number of hydrogen-bond donors (Lipinski definition) is 5. The molecule has 0 aliphatic carbocycles. The van der Waals surface area contributed by atoms with Gasteiger partial charge in [-0.2, -0.15) is 0 Å². The van der Waals surface area contributed by atoms with Gasteiger partial charge in [0.05, 0.1) is 30.8 Å². The second kappa shape index (κ2) is 10.0. The third-order valence-corrected chi connectivity index (χ3v) is 3.74. The number of methoxy groups -OCH3 is 2. The first-order valence-electron chi connectivity index (χ1n) is 7.07. The van der Waals surface area contributed by atoms with Crippen molar-refractivity contribution in [3.05, 3.63) is 22.2 Å². The van der Waals surface area contributed by atoms with Gasteiger partial charge in [-0.25, -0.2) is 0 Å². The van der Waals surface area contributed by atoms with Crippen LogP contribution in [-0.4, -0.2) is 79.4 Å². The van der Waals surface area contributed by atoms with E-state index in [9.17, 15) is 25.2 Å². The fourth-order valence-electron chi connectivity index (χ4n) is 1.64. The average molecular weight is 425 g/mol. The molecule has 0 saturated carbocycles. The van der Waals surface area contributed by atoms with Gasteiger partial charge in [0, 0.05) is 0 Å². The average Bonchev–Trinajstić information content (AvgIpc) is 2.54. The van der Waals surface area contributed by atoms with Crippen molar-refractivity contribution in [2.75, 3.05) is 41.9 Å². The summed E-state index contributed by atoms with van der Waals surface area (Å²) in [5.74, 6) is -5.67. The largest absolute Gasteiger partial charge is 0.496 e. The topological polar surface area (TPSA) is 132 Å². The van der Waals surface area contributed by atoms with Crippen molar-refractivity contribution in [3.63, 3.8) is 0 Å².